The van der Waals surface area contributed by atoms with Crippen molar-refractivity contribution in [3.05, 3.63) is 77.4 Å². The maximum Gasteiger partial charge on any atom is 0.254 e. The number of aromatic nitrogens is 3. The van der Waals surface area contributed by atoms with E-state index in [1.165, 1.54) is 5.56 Å². The van der Waals surface area contributed by atoms with Gasteiger partial charge in [-0.2, -0.15) is 5.10 Å². The summed E-state index contributed by atoms with van der Waals surface area (Å²) >= 11 is 0. The van der Waals surface area contributed by atoms with E-state index in [9.17, 15) is 4.79 Å². The van der Waals surface area contributed by atoms with Gasteiger partial charge in [-0.1, -0.05) is 12.1 Å². The Hall–Kier alpha value is -2.95. The van der Waals surface area contributed by atoms with E-state index in [2.05, 4.69) is 29.1 Å². The second-order valence-corrected chi connectivity index (χ2v) is 7.30. The molecule has 0 radical (unpaired) electrons. The number of aryl methyl sites for hydroxylation is 1. The smallest absolute Gasteiger partial charge is 0.254 e. The molecule has 1 fully saturated rings. The first-order valence-electron chi connectivity index (χ1n) is 9.04. The predicted molar refractivity (Wildman–Crippen MR) is 98.1 cm³/mol. The van der Waals surface area contributed by atoms with E-state index in [0.29, 0.717) is 18.4 Å². The third kappa shape index (κ3) is 2.51. The van der Waals surface area contributed by atoms with Gasteiger partial charge in [-0.15, -0.1) is 0 Å². The first kappa shape index (κ1) is 15.3. The van der Waals surface area contributed by atoms with Gasteiger partial charge in [-0.3, -0.25) is 9.78 Å². The lowest BCUT2D eigenvalue weighted by Gasteiger charge is -2.15. The molecule has 3 heterocycles. The second-order valence-electron chi connectivity index (χ2n) is 7.30. The summed E-state index contributed by atoms with van der Waals surface area (Å²) < 4.78 is 1.84. The third-order valence-electron chi connectivity index (χ3n) is 5.46. The lowest BCUT2D eigenvalue weighted by Crippen LogP contribution is -2.26. The molecule has 0 saturated heterocycles. The molecule has 2 aromatic heterocycles. The molecule has 26 heavy (non-hydrogen) atoms. The summed E-state index contributed by atoms with van der Waals surface area (Å²) in [5.41, 5.74) is 5.22. The minimum atomic E-state index is 0.136. The molecular weight excluding hydrogens is 324 g/mol. The maximum atomic E-state index is 12.9. The molecule has 5 rings (SSSR count). The number of carbonyl (C=O) groups excluding carboxylic acids is 1. The Morgan fingerprint density at radius 3 is 2.88 bits per heavy atom. The van der Waals surface area contributed by atoms with Crippen LogP contribution in [0.5, 0.6) is 0 Å². The van der Waals surface area contributed by atoms with E-state index in [1.54, 1.807) is 6.20 Å². The second kappa shape index (κ2) is 5.80. The molecular formula is C21H20N4O. The number of nitrogens with zero attached hydrogens (tertiary/aromatic N) is 4. The molecule has 2 aliphatic rings. The van der Waals surface area contributed by atoms with Crippen molar-refractivity contribution in [3.63, 3.8) is 0 Å². The van der Waals surface area contributed by atoms with Crippen LogP contribution in [-0.4, -0.2) is 32.1 Å². The minimum absolute atomic E-state index is 0.136. The van der Waals surface area contributed by atoms with Crippen LogP contribution in [0.2, 0.25) is 0 Å². The van der Waals surface area contributed by atoms with Gasteiger partial charge < -0.3 is 4.90 Å². The predicted octanol–water partition coefficient (Wildman–Crippen LogP) is 3.34. The van der Waals surface area contributed by atoms with Crippen molar-refractivity contribution in [2.75, 3.05) is 6.54 Å². The number of benzene rings is 1. The van der Waals surface area contributed by atoms with Crippen molar-refractivity contribution < 1.29 is 4.79 Å². The van der Waals surface area contributed by atoms with E-state index in [1.807, 2.05) is 46.2 Å². The molecule has 0 spiro atoms. The van der Waals surface area contributed by atoms with Crippen molar-refractivity contribution in [2.45, 2.75) is 25.8 Å². The fraction of sp³-hybridized carbons (Fsp3) is 0.286. The number of hydrogen-bond acceptors (Lipinski definition) is 3. The zero-order valence-electron chi connectivity index (χ0n) is 14.7. The van der Waals surface area contributed by atoms with E-state index in [4.69, 9.17) is 0 Å². The summed E-state index contributed by atoms with van der Waals surface area (Å²) in [5.74, 6) is 1.13. The van der Waals surface area contributed by atoms with Gasteiger partial charge in [0.25, 0.3) is 5.91 Å². The molecule has 1 amide bonds. The molecule has 1 aromatic carbocycles. The topological polar surface area (TPSA) is 51.0 Å². The molecule has 0 N–H and O–H groups in total. The standard InChI is InChI=1S/C21H20N4O/c1-14-6-7-19(22-11-14)17-10-15(17)12-24-13-18-16(21(24)26)4-2-5-20(18)25-9-3-8-23-25/h2-9,11,15,17H,10,12-13H2,1H3/t15-,17+/m1/s1. The van der Waals surface area contributed by atoms with Gasteiger partial charge in [0, 0.05) is 54.4 Å². The van der Waals surface area contributed by atoms with Crippen molar-refractivity contribution in [3.8, 4) is 5.69 Å². The molecule has 3 aromatic rings. The third-order valence-corrected chi connectivity index (χ3v) is 5.46. The first-order chi connectivity index (χ1) is 12.7. The number of amides is 1. The van der Waals surface area contributed by atoms with E-state index < -0.39 is 0 Å². The number of pyridine rings is 1. The number of fused-ring (bicyclic) bond motifs is 1. The van der Waals surface area contributed by atoms with Crippen LogP contribution in [0.15, 0.2) is 55.0 Å². The first-order valence-corrected chi connectivity index (χ1v) is 9.04. The van der Waals surface area contributed by atoms with Crippen molar-refractivity contribution in [2.24, 2.45) is 5.92 Å². The minimum Gasteiger partial charge on any atom is -0.334 e. The normalized spacial score (nSPS) is 21.1. The van der Waals surface area contributed by atoms with Crippen molar-refractivity contribution in [1.82, 2.24) is 19.7 Å². The van der Waals surface area contributed by atoms with Gasteiger partial charge in [-0.25, -0.2) is 4.68 Å². The van der Waals surface area contributed by atoms with Gasteiger partial charge >= 0.3 is 0 Å². The highest BCUT2D eigenvalue weighted by Crippen LogP contribution is 2.47. The fourth-order valence-corrected chi connectivity index (χ4v) is 3.94. The summed E-state index contributed by atoms with van der Waals surface area (Å²) in [5, 5.41) is 4.32. The summed E-state index contributed by atoms with van der Waals surface area (Å²) in [7, 11) is 0. The molecule has 130 valence electrons. The van der Waals surface area contributed by atoms with Crippen LogP contribution in [0.3, 0.4) is 0 Å². The molecule has 1 aliphatic carbocycles. The average Bonchev–Trinajstić information content (AvgIpc) is 3.06. The Balaban J connectivity index is 1.34. The highest BCUT2D eigenvalue weighted by atomic mass is 16.2. The lowest BCUT2D eigenvalue weighted by atomic mass is 10.1. The van der Waals surface area contributed by atoms with Crippen LogP contribution in [0.4, 0.5) is 0 Å². The van der Waals surface area contributed by atoms with E-state index >= 15 is 0 Å². The number of carbonyl (C=O) groups is 1. The van der Waals surface area contributed by atoms with Gasteiger partial charge in [0.1, 0.15) is 0 Å². The Morgan fingerprint density at radius 1 is 1.19 bits per heavy atom. The molecule has 2 atom stereocenters. The van der Waals surface area contributed by atoms with E-state index in [-0.39, 0.29) is 5.91 Å². The lowest BCUT2D eigenvalue weighted by molar-refractivity contribution is 0.0770. The maximum absolute atomic E-state index is 12.9. The monoisotopic (exact) mass is 344 g/mol. The Morgan fingerprint density at radius 2 is 2.12 bits per heavy atom. The summed E-state index contributed by atoms with van der Waals surface area (Å²) in [6.07, 6.45) is 6.72. The molecule has 0 bridgehead atoms. The van der Waals surface area contributed by atoms with Crippen LogP contribution >= 0.6 is 0 Å². The highest BCUT2D eigenvalue weighted by molar-refractivity contribution is 5.99. The molecule has 0 unspecified atom stereocenters. The average molecular weight is 344 g/mol. The summed E-state index contributed by atoms with van der Waals surface area (Å²) in [6, 6.07) is 12.0. The molecule has 1 saturated carbocycles. The Kier molecular flexibility index (Phi) is 3.42. The fourth-order valence-electron chi connectivity index (χ4n) is 3.94. The molecule has 1 aliphatic heterocycles. The number of rotatable bonds is 4. The zero-order valence-corrected chi connectivity index (χ0v) is 14.7. The summed E-state index contributed by atoms with van der Waals surface area (Å²) in [6.45, 7) is 3.51. The highest BCUT2D eigenvalue weighted by Gasteiger charge is 2.42. The van der Waals surface area contributed by atoms with Gasteiger partial charge in [0.05, 0.1) is 5.69 Å². The zero-order chi connectivity index (χ0) is 17.7. The summed E-state index contributed by atoms with van der Waals surface area (Å²) in [4.78, 5) is 19.4. The van der Waals surface area contributed by atoms with Crippen molar-refractivity contribution in [1.29, 1.82) is 0 Å². The van der Waals surface area contributed by atoms with Gasteiger partial charge in [0.2, 0.25) is 0 Å². The molecule has 5 heteroatoms. The van der Waals surface area contributed by atoms with Crippen LogP contribution in [0.25, 0.3) is 5.69 Å². The Labute approximate surface area is 152 Å². The van der Waals surface area contributed by atoms with Gasteiger partial charge in [0.15, 0.2) is 0 Å². The van der Waals surface area contributed by atoms with Crippen LogP contribution in [0, 0.1) is 12.8 Å². The van der Waals surface area contributed by atoms with Crippen molar-refractivity contribution >= 4 is 5.91 Å². The van der Waals surface area contributed by atoms with Gasteiger partial charge in [-0.05, 0) is 49.1 Å². The van der Waals surface area contributed by atoms with E-state index in [0.717, 1.165) is 35.5 Å². The van der Waals surface area contributed by atoms with Crippen LogP contribution < -0.4 is 0 Å². The number of hydrogen-bond donors (Lipinski definition) is 0. The molecule has 5 nitrogen and oxygen atoms in total. The van der Waals surface area contributed by atoms with Crippen LogP contribution in [-0.2, 0) is 6.54 Å². The SMILES string of the molecule is Cc1ccc([C@H]2C[C@@H]2CN2Cc3c(cccc3-n3cccn3)C2=O)nc1. The Bertz CT molecular complexity index is 962. The largest absolute Gasteiger partial charge is 0.334 e. The van der Waals surface area contributed by atoms with Crippen LogP contribution in [0.1, 0.15) is 39.5 Å². The quantitative estimate of drug-likeness (QED) is 0.729.